The molecule has 0 spiro atoms. The molecule has 1 aliphatic carbocycles. The molecular formula is C11H13BrN2O2. The summed E-state index contributed by atoms with van der Waals surface area (Å²) in [6.45, 7) is 1.94. The molecule has 1 aromatic rings. The van der Waals surface area contributed by atoms with Gasteiger partial charge in [-0.05, 0) is 41.3 Å². The molecule has 0 atom stereocenters. The minimum atomic E-state index is -0.321. The Bertz CT molecular complexity index is 477. The predicted octanol–water partition coefficient (Wildman–Crippen LogP) is 1.59. The number of aryl methyl sites for hydroxylation is 1. The van der Waals surface area contributed by atoms with Crippen molar-refractivity contribution in [3.8, 4) is 0 Å². The number of hydrogen-bond donors (Lipinski definition) is 2. The molecule has 0 aliphatic heterocycles. The van der Waals surface area contributed by atoms with Crippen LogP contribution >= 0.6 is 15.9 Å². The number of hydrogen-bond acceptors (Lipinski definition) is 2. The quantitative estimate of drug-likeness (QED) is 0.886. The lowest BCUT2D eigenvalue weighted by Crippen LogP contribution is -2.31. The van der Waals surface area contributed by atoms with Crippen molar-refractivity contribution in [2.45, 2.75) is 32.2 Å². The summed E-state index contributed by atoms with van der Waals surface area (Å²) in [7, 11) is 0. The van der Waals surface area contributed by atoms with Gasteiger partial charge in [0.15, 0.2) is 0 Å². The zero-order valence-electron chi connectivity index (χ0n) is 8.97. The molecule has 1 aromatic heterocycles. The molecule has 1 aliphatic rings. The fraction of sp³-hybridized carbons (Fsp3) is 0.455. The van der Waals surface area contributed by atoms with Gasteiger partial charge >= 0.3 is 0 Å². The Labute approximate surface area is 102 Å². The highest BCUT2D eigenvalue weighted by Crippen LogP contribution is 2.19. The van der Waals surface area contributed by atoms with Crippen molar-refractivity contribution < 1.29 is 4.79 Å². The fourth-order valence-corrected chi connectivity index (χ4v) is 2.07. The van der Waals surface area contributed by atoms with E-state index < -0.39 is 0 Å². The van der Waals surface area contributed by atoms with Crippen LogP contribution in [0.25, 0.3) is 0 Å². The Morgan fingerprint density at radius 2 is 2.31 bits per heavy atom. The molecule has 0 bridgehead atoms. The normalized spacial score (nSPS) is 14.9. The summed E-state index contributed by atoms with van der Waals surface area (Å²) in [4.78, 5) is 26.1. The first-order valence-electron chi connectivity index (χ1n) is 5.34. The molecular weight excluding hydrogens is 272 g/mol. The second-order valence-corrected chi connectivity index (χ2v) is 4.79. The number of rotatable bonds is 3. The number of nitrogens with one attached hydrogen (secondary N) is 2. The van der Waals surface area contributed by atoms with E-state index in [0.29, 0.717) is 0 Å². The van der Waals surface area contributed by atoms with Crippen molar-refractivity contribution in [1.29, 1.82) is 0 Å². The van der Waals surface area contributed by atoms with E-state index in [4.69, 9.17) is 0 Å². The van der Waals surface area contributed by atoms with Crippen LogP contribution < -0.4 is 10.9 Å². The van der Waals surface area contributed by atoms with E-state index in [0.717, 1.165) is 29.4 Å². The zero-order chi connectivity index (χ0) is 11.7. The number of H-pyrrole nitrogens is 1. The summed E-state index contributed by atoms with van der Waals surface area (Å²) in [5, 5.41) is 2.80. The maximum absolute atomic E-state index is 11.7. The molecule has 5 heteroatoms. The van der Waals surface area contributed by atoms with Crippen LogP contribution in [0, 0.1) is 0 Å². The third-order valence-corrected chi connectivity index (χ3v) is 3.29. The number of aromatic amines is 1. The van der Waals surface area contributed by atoms with E-state index in [-0.39, 0.29) is 23.1 Å². The molecule has 2 rings (SSSR count). The maximum atomic E-state index is 11.7. The van der Waals surface area contributed by atoms with Crippen molar-refractivity contribution in [1.82, 2.24) is 10.3 Å². The van der Waals surface area contributed by atoms with Gasteiger partial charge in [0.25, 0.3) is 11.5 Å². The van der Waals surface area contributed by atoms with Crippen LogP contribution in [-0.2, 0) is 6.42 Å². The minimum Gasteiger partial charge on any atom is -0.349 e. The predicted molar refractivity (Wildman–Crippen MR) is 64.6 cm³/mol. The van der Waals surface area contributed by atoms with Gasteiger partial charge in [-0.15, -0.1) is 0 Å². The van der Waals surface area contributed by atoms with Crippen LogP contribution in [0.15, 0.2) is 15.3 Å². The summed E-state index contributed by atoms with van der Waals surface area (Å²) in [5.74, 6) is -0.285. The average molecular weight is 285 g/mol. The van der Waals surface area contributed by atoms with Gasteiger partial charge in [0, 0.05) is 16.2 Å². The molecule has 16 heavy (non-hydrogen) atoms. The summed E-state index contributed by atoms with van der Waals surface area (Å²) in [5.41, 5.74) is 0.669. The lowest BCUT2D eigenvalue weighted by atomic mass is 10.2. The maximum Gasteiger partial charge on any atom is 0.261 e. The third kappa shape index (κ3) is 2.35. The van der Waals surface area contributed by atoms with Crippen LogP contribution in [0.5, 0.6) is 0 Å². The Morgan fingerprint density at radius 1 is 1.62 bits per heavy atom. The number of pyridine rings is 1. The second kappa shape index (κ2) is 4.41. The van der Waals surface area contributed by atoms with E-state index in [1.807, 2.05) is 6.92 Å². The zero-order valence-corrected chi connectivity index (χ0v) is 10.6. The van der Waals surface area contributed by atoms with Crippen molar-refractivity contribution in [2.75, 3.05) is 0 Å². The molecule has 0 unspecified atom stereocenters. The van der Waals surface area contributed by atoms with E-state index in [1.165, 1.54) is 0 Å². The molecule has 1 amide bonds. The Kier molecular flexibility index (Phi) is 3.14. The summed E-state index contributed by atoms with van der Waals surface area (Å²) >= 11 is 3.34. The van der Waals surface area contributed by atoms with Gasteiger partial charge in [-0.3, -0.25) is 9.59 Å². The second-order valence-electron chi connectivity index (χ2n) is 3.94. The van der Waals surface area contributed by atoms with Crippen LogP contribution in [0.1, 0.15) is 35.8 Å². The first kappa shape index (κ1) is 11.4. The van der Waals surface area contributed by atoms with Crippen LogP contribution in [-0.4, -0.2) is 16.9 Å². The Balaban J connectivity index is 2.29. The Hall–Kier alpha value is -1.10. The summed E-state index contributed by atoms with van der Waals surface area (Å²) in [6.07, 6.45) is 2.75. The van der Waals surface area contributed by atoms with Gasteiger partial charge in [-0.25, -0.2) is 0 Å². The summed E-state index contributed by atoms with van der Waals surface area (Å²) in [6, 6.07) is 1.85. The standard InChI is InChI=1S/C11H13BrN2O2/c1-2-9-8(12)5-7(11(16)14-9)10(15)13-6-3-4-6/h5-6H,2-4H2,1H3,(H,13,15)(H,14,16). The van der Waals surface area contributed by atoms with Gasteiger partial charge in [-0.1, -0.05) is 6.92 Å². The van der Waals surface area contributed by atoms with Crippen LogP contribution in [0.3, 0.4) is 0 Å². The SMILES string of the molecule is CCc1[nH]c(=O)c(C(=O)NC2CC2)cc1Br. The lowest BCUT2D eigenvalue weighted by molar-refractivity contribution is 0.0949. The molecule has 0 aromatic carbocycles. The lowest BCUT2D eigenvalue weighted by Gasteiger charge is -2.05. The highest BCUT2D eigenvalue weighted by Gasteiger charge is 2.25. The first-order valence-corrected chi connectivity index (χ1v) is 6.13. The number of amides is 1. The molecule has 4 nitrogen and oxygen atoms in total. The number of carbonyl (C=O) groups excluding carboxylic acids is 1. The Morgan fingerprint density at radius 3 is 2.88 bits per heavy atom. The van der Waals surface area contributed by atoms with Crippen molar-refractivity contribution in [3.05, 3.63) is 32.2 Å². The van der Waals surface area contributed by atoms with Crippen LogP contribution in [0.2, 0.25) is 0 Å². The monoisotopic (exact) mass is 284 g/mol. The molecule has 86 valence electrons. The van der Waals surface area contributed by atoms with E-state index >= 15 is 0 Å². The van der Waals surface area contributed by atoms with Gasteiger partial charge in [-0.2, -0.15) is 0 Å². The third-order valence-electron chi connectivity index (χ3n) is 2.58. The molecule has 1 fully saturated rings. The molecule has 0 radical (unpaired) electrons. The smallest absolute Gasteiger partial charge is 0.261 e. The number of halogens is 1. The van der Waals surface area contributed by atoms with Gasteiger partial charge in [0.05, 0.1) is 0 Å². The topological polar surface area (TPSA) is 62.0 Å². The van der Waals surface area contributed by atoms with Gasteiger partial charge in [0.1, 0.15) is 5.56 Å². The highest BCUT2D eigenvalue weighted by molar-refractivity contribution is 9.10. The molecule has 1 saturated carbocycles. The molecule has 2 N–H and O–H groups in total. The molecule has 0 saturated heterocycles. The van der Waals surface area contributed by atoms with E-state index in [9.17, 15) is 9.59 Å². The van der Waals surface area contributed by atoms with Crippen LogP contribution in [0.4, 0.5) is 0 Å². The van der Waals surface area contributed by atoms with Crippen molar-refractivity contribution in [2.24, 2.45) is 0 Å². The fourth-order valence-electron chi connectivity index (χ4n) is 1.46. The largest absolute Gasteiger partial charge is 0.349 e. The van der Waals surface area contributed by atoms with Crippen molar-refractivity contribution >= 4 is 21.8 Å². The highest BCUT2D eigenvalue weighted by atomic mass is 79.9. The number of carbonyl (C=O) groups is 1. The number of aromatic nitrogens is 1. The van der Waals surface area contributed by atoms with E-state index in [2.05, 4.69) is 26.2 Å². The summed E-state index contributed by atoms with van der Waals surface area (Å²) < 4.78 is 0.774. The van der Waals surface area contributed by atoms with Crippen molar-refractivity contribution in [3.63, 3.8) is 0 Å². The first-order chi connectivity index (χ1) is 7.61. The van der Waals surface area contributed by atoms with Gasteiger partial charge < -0.3 is 10.3 Å². The van der Waals surface area contributed by atoms with E-state index in [1.54, 1.807) is 6.07 Å². The minimum absolute atomic E-state index is 0.177. The molecule has 1 heterocycles. The van der Waals surface area contributed by atoms with Gasteiger partial charge in [0.2, 0.25) is 0 Å². The average Bonchev–Trinajstić information content (AvgIpc) is 3.04.